The van der Waals surface area contributed by atoms with Crippen molar-refractivity contribution in [2.24, 2.45) is 11.8 Å². The number of ether oxygens (including phenoxy) is 2. The number of rotatable bonds is 6. The van der Waals surface area contributed by atoms with Gasteiger partial charge in [0.15, 0.2) is 0 Å². The van der Waals surface area contributed by atoms with Crippen LogP contribution in [0.3, 0.4) is 0 Å². The molecule has 3 atom stereocenters. The highest BCUT2D eigenvalue weighted by molar-refractivity contribution is 6.05. The molecule has 1 N–H and O–H groups in total. The van der Waals surface area contributed by atoms with Crippen LogP contribution in [0.25, 0.3) is 0 Å². The first kappa shape index (κ1) is 23.9. The second-order valence-electron chi connectivity index (χ2n) is 11.4. The summed E-state index contributed by atoms with van der Waals surface area (Å²) in [7, 11) is 1.84. The van der Waals surface area contributed by atoms with Gasteiger partial charge in [0, 0.05) is 44.8 Å². The minimum atomic E-state index is -0.588. The minimum Gasteiger partial charge on any atom is -0.489 e. The number of fused-ring (bicyclic) bond motifs is 1. The van der Waals surface area contributed by atoms with Crippen molar-refractivity contribution in [1.82, 2.24) is 15.1 Å². The van der Waals surface area contributed by atoms with Crippen molar-refractivity contribution in [3.8, 4) is 5.75 Å². The number of piperidine rings is 1. The van der Waals surface area contributed by atoms with E-state index >= 15 is 0 Å². The van der Waals surface area contributed by atoms with E-state index in [9.17, 15) is 14.4 Å². The number of nitrogens with one attached hydrogen (secondary N) is 1. The molecule has 8 heteroatoms. The predicted molar refractivity (Wildman–Crippen MR) is 132 cm³/mol. The maximum Gasteiger partial charge on any atom is 0.255 e. The average molecular weight is 496 g/mol. The Morgan fingerprint density at radius 1 is 0.944 bits per heavy atom. The Labute approximate surface area is 212 Å². The van der Waals surface area contributed by atoms with Crippen LogP contribution in [0.4, 0.5) is 0 Å². The summed E-state index contributed by atoms with van der Waals surface area (Å²) in [6, 6.07) is 5.58. The molecule has 194 valence electrons. The third kappa shape index (κ3) is 4.43. The Morgan fingerprint density at radius 2 is 1.75 bits per heavy atom. The van der Waals surface area contributed by atoms with Gasteiger partial charge in [-0.05, 0) is 87.0 Å². The first-order valence-corrected chi connectivity index (χ1v) is 13.7. The van der Waals surface area contributed by atoms with Gasteiger partial charge in [0.05, 0.1) is 6.10 Å². The SMILES string of the molecule is CO[C@H]1CC[C@H](C2CN([C@H]3CCC[C@@H]3Oc3ccc4c(c3)CN(C3CCC(=O)NC3=O)C4=O)C2)CC1. The van der Waals surface area contributed by atoms with Crippen LogP contribution in [-0.4, -0.2) is 72.0 Å². The zero-order valence-corrected chi connectivity index (χ0v) is 21.1. The van der Waals surface area contributed by atoms with Crippen molar-refractivity contribution in [3.05, 3.63) is 29.3 Å². The fourth-order valence-electron chi connectivity index (χ4n) is 7.17. The lowest BCUT2D eigenvalue weighted by Crippen LogP contribution is -2.57. The molecule has 0 radical (unpaired) electrons. The summed E-state index contributed by atoms with van der Waals surface area (Å²) >= 11 is 0. The van der Waals surface area contributed by atoms with E-state index in [2.05, 4.69) is 10.2 Å². The van der Waals surface area contributed by atoms with Gasteiger partial charge in [0.1, 0.15) is 17.9 Å². The maximum absolute atomic E-state index is 13.0. The smallest absolute Gasteiger partial charge is 0.255 e. The quantitative estimate of drug-likeness (QED) is 0.611. The van der Waals surface area contributed by atoms with Crippen LogP contribution < -0.4 is 10.1 Å². The van der Waals surface area contributed by atoms with E-state index in [1.165, 1.54) is 51.6 Å². The van der Waals surface area contributed by atoms with Crippen LogP contribution in [0.2, 0.25) is 0 Å². The Hall–Kier alpha value is -2.45. The molecule has 0 spiro atoms. The summed E-state index contributed by atoms with van der Waals surface area (Å²) in [6.07, 6.45) is 9.70. The first-order valence-electron chi connectivity index (χ1n) is 13.7. The second kappa shape index (κ2) is 9.78. The van der Waals surface area contributed by atoms with Crippen molar-refractivity contribution < 1.29 is 23.9 Å². The Balaban J connectivity index is 1.05. The third-order valence-corrected chi connectivity index (χ3v) is 9.33. The first-order chi connectivity index (χ1) is 17.5. The molecule has 36 heavy (non-hydrogen) atoms. The molecule has 3 aliphatic heterocycles. The van der Waals surface area contributed by atoms with E-state index in [1.807, 2.05) is 25.3 Å². The van der Waals surface area contributed by atoms with Gasteiger partial charge >= 0.3 is 0 Å². The highest BCUT2D eigenvalue weighted by Gasteiger charge is 2.43. The summed E-state index contributed by atoms with van der Waals surface area (Å²) < 4.78 is 12.1. The highest BCUT2D eigenvalue weighted by atomic mass is 16.5. The van der Waals surface area contributed by atoms with Gasteiger partial charge in [0.25, 0.3) is 5.91 Å². The van der Waals surface area contributed by atoms with Crippen molar-refractivity contribution in [2.75, 3.05) is 20.2 Å². The van der Waals surface area contributed by atoms with Crippen LogP contribution in [0.5, 0.6) is 5.75 Å². The largest absolute Gasteiger partial charge is 0.489 e. The molecule has 8 nitrogen and oxygen atoms in total. The number of amides is 3. The Morgan fingerprint density at radius 3 is 2.50 bits per heavy atom. The van der Waals surface area contributed by atoms with Crippen LogP contribution in [-0.2, 0) is 20.9 Å². The van der Waals surface area contributed by atoms with E-state index in [0.717, 1.165) is 29.6 Å². The Bertz CT molecular complexity index is 1030. The highest BCUT2D eigenvalue weighted by Crippen LogP contribution is 2.40. The molecule has 1 unspecified atom stereocenters. The van der Waals surface area contributed by atoms with Gasteiger partial charge in [-0.3, -0.25) is 24.6 Å². The predicted octanol–water partition coefficient (Wildman–Crippen LogP) is 2.88. The molecule has 2 saturated heterocycles. The molecule has 5 aliphatic rings. The van der Waals surface area contributed by atoms with E-state index in [1.54, 1.807) is 4.90 Å². The number of carbonyl (C=O) groups excluding carboxylic acids is 3. The monoisotopic (exact) mass is 495 g/mol. The number of likely N-dealkylation sites (tertiary alicyclic amines) is 1. The van der Waals surface area contributed by atoms with Crippen LogP contribution in [0.15, 0.2) is 18.2 Å². The molecule has 0 aromatic heterocycles. The van der Waals surface area contributed by atoms with Crippen molar-refractivity contribution in [3.63, 3.8) is 0 Å². The number of imide groups is 1. The molecule has 4 fully saturated rings. The number of carbonyl (C=O) groups is 3. The summed E-state index contributed by atoms with van der Waals surface area (Å²) in [5, 5.41) is 2.36. The van der Waals surface area contributed by atoms with E-state index in [0.29, 0.717) is 30.7 Å². The van der Waals surface area contributed by atoms with Gasteiger partial charge in [-0.15, -0.1) is 0 Å². The molecule has 3 amide bonds. The fraction of sp³-hybridized carbons (Fsp3) is 0.679. The lowest BCUT2D eigenvalue weighted by molar-refractivity contribution is -0.136. The van der Waals surface area contributed by atoms with Crippen LogP contribution in [0, 0.1) is 11.8 Å². The third-order valence-electron chi connectivity index (χ3n) is 9.33. The minimum absolute atomic E-state index is 0.143. The zero-order valence-electron chi connectivity index (χ0n) is 21.1. The lowest BCUT2D eigenvalue weighted by Gasteiger charge is -2.49. The Kier molecular flexibility index (Phi) is 6.50. The molecular formula is C28H37N3O5. The summed E-state index contributed by atoms with van der Waals surface area (Å²) in [5.41, 5.74) is 1.52. The maximum atomic E-state index is 13.0. The zero-order chi connectivity index (χ0) is 24.8. The van der Waals surface area contributed by atoms with Crippen molar-refractivity contribution >= 4 is 17.7 Å². The molecule has 1 aromatic carbocycles. The summed E-state index contributed by atoms with van der Waals surface area (Å²) in [6.45, 7) is 2.75. The van der Waals surface area contributed by atoms with Crippen molar-refractivity contribution in [1.29, 1.82) is 0 Å². The molecule has 6 rings (SSSR count). The normalized spacial score (nSPS) is 33.4. The lowest BCUT2D eigenvalue weighted by atomic mass is 9.75. The number of hydrogen-bond acceptors (Lipinski definition) is 6. The van der Waals surface area contributed by atoms with Gasteiger partial charge in [0.2, 0.25) is 11.8 Å². The van der Waals surface area contributed by atoms with Gasteiger partial charge in [-0.1, -0.05) is 0 Å². The summed E-state index contributed by atoms with van der Waals surface area (Å²) in [5.74, 6) is 1.67. The molecule has 2 aliphatic carbocycles. The van der Waals surface area contributed by atoms with Crippen molar-refractivity contribution in [2.45, 2.75) is 88.6 Å². The van der Waals surface area contributed by atoms with E-state index in [4.69, 9.17) is 9.47 Å². The van der Waals surface area contributed by atoms with E-state index in [-0.39, 0.29) is 30.2 Å². The molecule has 3 heterocycles. The molecular weight excluding hydrogens is 458 g/mol. The van der Waals surface area contributed by atoms with Gasteiger partial charge < -0.3 is 14.4 Å². The van der Waals surface area contributed by atoms with Gasteiger partial charge in [-0.25, -0.2) is 0 Å². The number of nitrogens with zero attached hydrogens (tertiary/aromatic N) is 2. The second-order valence-corrected chi connectivity index (χ2v) is 11.4. The summed E-state index contributed by atoms with van der Waals surface area (Å²) in [4.78, 5) is 41.0. The standard InChI is InChI=1S/C28H37N3O5/c1-35-20-7-5-17(6-8-20)19-14-30(15-19)23-3-2-4-25(23)36-21-9-10-22-18(13-21)16-31(28(22)34)24-11-12-26(32)29-27(24)33/h9-10,13,17,19-20,23-25H,2-8,11-12,14-16H2,1H3,(H,29,32,33)/t17-,20-,23-,24?,25-/m0/s1. The molecule has 0 bridgehead atoms. The van der Waals surface area contributed by atoms with E-state index < -0.39 is 6.04 Å². The molecule has 1 aromatic rings. The fourth-order valence-corrected chi connectivity index (χ4v) is 7.17. The van der Waals surface area contributed by atoms with Gasteiger partial charge in [-0.2, -0.15) is 0 Å². The number of methoxy groups -OCH3 is 1. The van der Waals surface area contributed by atoms with Crippen LogP contribution >= 0.6 is 0 Å². The van der Waals surface area contributed by atoms with Crippen LogP contribution in [0.1, 0.15) is 73.7 Å². The average Bonchev–Trinajstić information content (AvgIpc) is 3.43. The topological polar surface area (TPSA) is 88.2 Å². The number of benzene rings is 1. The molecule has 2 saturated carbocycles. The number of hydrogen-bond donors (Lipinski definition) is 1.